The van der Waals surface area contributed by atoms with Crippen LogP contribution in [0.15, 0.2) is 97.7 Å². The van der Waals surface area contributed by atoms with E-state index in [1.54, 1.807) is 0 Å². The number of hydrogen-bond acceptors (Lipinski definition) is 10. The Bertz CT molecular complexity index is 2310. The summed E-state index contributed by atoms with van der Waals surface area (Å²) in [6.07, 6.45) is 33.7. The zero-order chi connectivity index (χ0) is 41.0. The quantitative estimate of drug-likeness (QED) is 0.0898. The molecule has 314 valence electrons. The Hall–Kier alpha value is -6.15. The van der Waals surface area contributed by atoms with Gasteiger partial charge < -0.3 is 50.0 Å². The maximum atomic E-state index is 9.65. The Morgan fingerprint density at radius 1 is 0.393 bits per heavy atom. The lowest BCUT2D eigenvalue weighted by Gasteiger charge is -2.22. The molecular formula is C48H51ClN8O4. The van der Waals surface area contributed by atoms with Crippen molar-refractivity contribution in [1.82, 2.24) is 39.5 Å². The number of allylic oxidation sites excluding steroid dienone is 8. The predicted octanol–water partition coefficient (Wildman–Crippen LogP) is 5.90. The number of aromatic nitrogens is 4. The van der Waals surface area contributed by atoms with Gasteiger partial charge >= 0.3 is 0 Å². The number of nitrogens with one attached hydrogen (secondary N) is 2. The maximum absolute atomic E-state index is 9.65. The highest BCUT2D eigenvalue weighted by atomic mass is 35.5. The summed E-state index contributed by atoms with van der Waals surface area (Å²) in [5, 5.41) is 38.6. The molecule has 0 aliphatic carbocycles. The molecule has 0 unspecified atom stereocenters. The minimum absolute atomic E-state index is 0. The average molecular weight is 839 g/mol. The van der Waals surface area contributed by atoms with Gasteiger partial charge in [-0.3, -0.25) is 0 Å². The van der Waals surface area contributed by atoms with Gasteiger partial charge in [-0.1, -0.05) is 24.3 Å². The second kappa shape index (κ2) is 18.6. The second-order valence-corrected chi connectivity index (χ2v) is 15.3. The van der Waals surface area contributed by atoms with Crippen LogP contribution in [0.3, 0.4) is 0 Å². The van der Waals surface area contributed by atoms with E-state index in [-0.39, 0.29) is 38.8 Å². The first-order valence-electron chi connectivity index (χ1n) is 20.6. The van der Waals surface area contributed by atoms with Crippen molar-refractivity contribution in [2.24, 2.45) is 0 Å². The van der Waals surface area contributed by atoms with Gasteiger partial charge in [0, 0.05) is 121 Å². The SMILES string of the molecule is Cl.OCCN1C=CC(c2c3nc(c(C4=CCN(CCO)C=C4)c4ccc([nH]4)c(C4=CCN(CCO)C=C4)c4nc(c(C5=CCN(CCO)C=C5)c5ccc2[nH]5)C=C4)C=C3)=CC1. The van der Waals surface area contributed by atoms with Crippen molar-refractivity contribution >= 4 is 81.1 Å². The van der Waals surface area contributed by atoms with Crippen molar-refractivity contribution < 1.29 is 20.4 Å². The molecule has 0 amide bonds. The fourth-order valence-corrected chi connectivity index (χ4v) is 8.46. The number of nitrogens with zero attached hydrogens (tertiary/aromatic N) is 6. The molecule has 0 saturated carbocycles. The number of hydrogen-bond donors (Lipinski definition) is 6. The molecule has 6 N–H and O–H groups in total. The van der Waals surface area contributed by atoms with Gasteiger partial charge in [0.25, 0.3) is 0 Å². The molecule has 6 aliphatic rings. The lowest BCUT2D eigenvalue weighted by molar-refractivity contribution is 0.245. The molecule has 3 aromatic heterocycles. The van der Waals surface area contributed by atoms with E-state index in [9.17, 15) is 20.4 Å². The Morgan fingerprint density at radius 2 is 0.639 bits per heavy atom. The van der Waals surface area contributed by atoms with E-state index in [1.165, 1.54) is 0 Å². The topological polar surface area (TPSA) is 151 Å². The molecule has 0 radical (unpaired) electrons. The largest absolute Gasteiger partial charge is 0.395 e. The maximum Gasteiger partial charge on any atom is 0.0737 e. The van der Waals surface area contributed by atoms with Gasteiger partial charge in [0.05, 0.1) is 49.2 Å². The number of fused-ring (bicyclic) bond motifs is 8. The van der Waals surface area contributed by atoms with Crippen LogP contribution in [0.1, 0.15) is 45.0 Å². The average Bonchev–Trinajstić information content (AvgIpc) is 4.12. The fraction of sp³-hybridized carbons (Fsp3) is 0.250. The molecule has 0 saturated heterocycles. The van der Waals surface area contributed by atoms with Crippen molar-refractivity contribution in [2.75, 3.05) is 78.8 Å². The monoisotopic (exact) mass is 838 g/mol. The summed E-state index contributed by atoms with van der Waals surface area (Å²) in [6, 6.07) is 8.49. The van der Waals surface area contributed by atoms with Crippen LogP contribution in [0, 0.1) is 0 Å². The van der Waals surface area contributed by atoms with E-state index in [0.717, 1.165) is 89.4 Å². The highest BCUT2D eigenvalue weighted by Gasteiger charge is 2.22. The number of aliphatic hydroxyl groups is 4. The summed E-state index contributed by atoms with van der Waals surface area (Å²) >= 11 is 0. The second-order valence-electron chi connectivity index (χ2n) is 15.3. The first kappa shape index (κ1) is 41.6. The van der Waals surface area contributed by atoms with Crippen molar-refractivity contribution in [3.8, 4) is 0 Å². The number of β-amino-alcohol motifs (C(OH)–C–C–N with tert-alkyl or cyclic N) is 4. The van der Waals surface area contributed by atoms with E-state index in [2.05, 4.69) is 127 Å². The molecule has 12 nitrogen and oxygen atoms in total. The van der Waals surface area contributed by atoms with E-state index >= 15 is 0 Å². The van der Waals surface area contributed by atoms with Crippen LogP contribution in [0.4, 0.5) is 0 Å². The third kappa shape index (κ3) is 8.59. The lowest BCUT2D eigenvalue weighted by atomic mass is 10.0. The van der Waals surface area contributed by atoms with Crippen LogP contribution in [0.25, 0.3) is 68.7 Å². The first-order valence-corrected chi connectivity index (χ1v) is 20.6. The zero-order valence-electron chi connectivity index (χ0n) is 33.9. The van der Waals surface area contributed by atoms with E-state index in [1.807, 2.05) is 24.8 Å². The van der Waals surface area contributed by atoms with Gasteiger partial charge in [0.15, 0.2) is 0 Å². The molecule has 9 rings (SSSR count). The van der Waals surface area contributed by atoms with Gasteiger partial charge in [0.2, 0.25) is 0 Å². The van der Waals surface area contributed by atoms with Gasteiger partial charge in [-0.25, -0.2) is 9.97 Å². The highest BCUT2D eigenvalue weighted by molar-refractivity contribution is 5.99. The standard InChI is InChI=1S/C48H50N8O4.ClH/c57-29-25-53-17-9-33(10-18-53)45-37-1-2-38(49-37)46(34-11-19-54(20-12-34)26-30-58)40-5-6-42(51-40)48(36-15-23-56(24-16-36)28-32-60)44-8-7-43(52-44)47(41-4-3-39(45)50-41)35-13-21-55(22-14-35)27-31-59;/h1-17,19,21,23,49,52,57-60H,18,20,22,24-32H2;1H. The molecule has 8 bridgehead atoms. The van der Waals surface area contributed by atoms with Crippen LogP contribution in [0.5, 0.6) is 0 Å². The zero-order valence-corrected chi connectivity index (χ0v) is 34.7. The van der Waals surface area contributed by atoms with Crippen LogP contribution in [-0.4, -0.2) is 139 Å². The Labute approximate surface area is 361 Å². The number of H-pyrrole nitrogens is 2. The van der Waals surface area contributed by atoms with Crippen molar-refractivity contribution in [1.29, 1.82) is 0 Å². The summed E-state index contributed by atoms with van der Waals surface area (Å²) < 4.78 is 0. The number of aliphatic hydroxyl groups excluding tert-OH is 4. The highest BCUT2D eigenvalue weighted by Crippen LogP contribution is 2.37. The summed E-state index contributed by atoms with van der Waals surface area (Å²) in [6.45, 7) is 5.15. The van der Waals surface area contributed by atoms with Crippen molar-refractivity contribution in [3.63, 3.8) is 0 Å². The molecule has 13 heteroatoms. The molecule has 3 aromatic rings. The van der Waals surface area contributed by atoms with Crippen LogP contribution >= 0.6 is 12.4 Å². The summed E-state index contributed by atoms with van der Waals surface area (Å²) in [7, 11) is 0. The van der Waals surface area contributed by atoms with Crippen LogP contribution in [0.2, 0.25) is 0 Å². The summed E-state index contributed by atoms with van der Waals surface area (Å²) in [4.78, 5) is 26.8. The van der Waals surface area contributed by atoms with Gasteiger partial charge in [-0.15, -0.1) is 12.4 Å². The van der Waals surface area contributed by atoms with Gasteiger partial charge in [-0.2, -0.15) is 0 Å². The Balaban J connectivity index is 0.00000514. The Morgan fingerprint density at radius 3 is 0.836 bits per heavy atom. The van der Waals surface area contributed by atoms with Crippen LogP contribution < -0.4 is 0 Å². The number of aromatic amines is 2. The molecule has 61 heavy (non-hydrogen) atoms. The first-order chi connectivity index (χ1) is 29.5. The minimum Gasteiger partial charge on any atom is -0.395 e. The summed E-state index contributed by atoms with van der Waals surface area (Å²) in [5.41, 5.74) is 14.9. The Kier molecular flexibility index (Phi) is 12.7. The smallest absolute Gasteiger partial charge is 0.0737 e. The van der Waals surface area contributed by atoms with Crippen molar-refractivity contribution in [2.45, 2.75) is 0 Å². The van der Waals surface area contributed by atoms with E-state index < -0.39 is 0 Å². The molecule has 6 aliphatic heterocycles. The molecule has 0 atom stereocenters. The van der Waals surface area contributed by atoms with E-state index in [4.69, 9.17) is 9.97 Å². The number of halogens is 1. The molecule has 0 spiro atoms. The van der Waals surface area contributed by atoms with E-state index in [0.29, 0.717) is 52.4 Å². The third-order valence-corrected chi connectivity index (χ3v) is 11.5. The summed E-state index contributed by atoms with van der Waals surface area (Å²) in [5.74, 6) is 0. The fourth-order valence-electron chi connectivity index (χ4n) is 8.46. The lowest BCUT2D eigenvalue weighted by Crippen LogP contribution is -2.23. The van der Waals surface area contributed by atoms with Crippen LogP contribution in [-0.2, 0) is 0 Å². The molecule has 0 aromatic carbocycles. The normalized spacial score (nSPS) is 16.9. The molecule has 9 heterocycles. The van der Waals surface area contributed by atoms with Crippen molar-refractivity contribution in [3.05, 3.63) is 143 Å². The minimum atomic E-state index is 0. The van der Waals surface area contributed by atoms with Gasteiger partial charge in [-0.05, 0) is 95.2 Å². The van der Waals surface area contributed by atoms with Gasteiger partial charge in [0.1, 0.15) is 0 Å². The molecular weight excluding hydrogens is 788 g/mol. The predicted molar refractivity (Wildman–Crippen MR) is 249 cm³/mol. The third-order valence-electron chi connectivity index (χ3n) is 11.5. The number of rotatable bonds is 12. The molecule has 0 fully saturated rings.